The Morgan fingerprint density at radius 2 is 1.87 bits per heavy atom. The van der Waals surface area contributed by atoms with Gasteiger partial charge in [-0.25, -0.2) is 4.98 Å². The summed E-state index contributed by atoms with van der Waals surface area (Å²) in [6.45, 7) is 0. The number of aryl methyl sites for hydroxylation is 2. The molecule has 0 saturated carbocycles. The number of nitrogens with two attached hydrogens (primary N) is 1. The summed E-state index contributed by atoms with van der Waals surface area (Å²) in [7, 11) is 0. The minimum absolute atomic E-state index is 0.0749. The molecule has 0 saturated heterocycles. The molecule has 2 heterocycles. The normalized spacial score (nSPS) is 12.7. The summed E-state index contributed by atoms with van der Waals surface area (Å²) in [4.78, 5) is 33.0. The van der Waals surface area contributed by atoms with E-state index in [0.29, 0.717) is 29.0 Å². The minimum atomic E-state index is -0.378. The molecule has 30 heavy (non-hydrogen) atoms. The van der Waals surface area contributed by atoms with Crippen LogP contribution in [-0.4, -0.2) is 20.8 Å². The van der Waals surface area contributed by atoms with Gasteiger partial charge in [-0.05, 0) is 66.8 Å². The van der Waals surface area contributed by atoms with Gasteiger partial charge in [0.1, 0.15) is 0 Å². The van der Waals surface area contributed by atoms with Gasteiger partial charge in [0.2, 0.25) is 11.4 Å². The second kappa shape index (κ2) is 7.11. The van der Waals surface area contributed by atoms with Crippen LogP contribution in [0.3, 0.4) is 0 Å². The molecule has 1 aliphatic carbocycles. The molecular weight excluding hydrogens is 378 g/mol. The number of hydrogen-bond donors (Lipinski definition) is 2. The summed E-state index contributed by atoms with van der Waals surface area (Å²) in [5, 5.41) is 3.42. The van der Waals surface area contributed by atoms with E-state index in [2.05, 4.69) is 27.4 Å². The van der Waals surface area contributed by atoms with Crippen LogP contribution >= 0.6 is 0 Å². The molecule has 0 fully saturated rings. The molecule has 0 atom stereocenters. The van der Waals surface area contributed by atoms with Gasteiger partial charge in [-0.1, -0.05) is 6.07 Å². The molecular formula is C23H19N5O2. The number of nitrogens with zero attached hydrogens (tertiary/aromatic N) is 3. The Morgan fingerprint density at radius 3 is 2.67 bits per heavy atom. The molecule has 7 nitrogen and oxygen atoms in total. The van der Waals surface area contributed by atoms with E-state index in [9.17, 15) is 9.59 Å². The topological polar surface area (TPSA) is 103 Å². The van der Waals surface area contributed by atoms with E-state index >= 15 is 0 Å². The van der Waals surface area contributed by atoms with E-state index in [1.807, 2.05) is 18.2 Å². The predicted molar refractivity (Wildman–Crippen MR) is 117 cm³/mol. The second-order valence-electron chi connectivity index (χ2n) is 7.39. The summed E-state index contributed by atoms with van der Waals surface area (Å²) in [6.07, 6.45) is 6.83. The Bertz CT molecular complexity index is 1340. The van der Waals surface area contributed by atoms with Crippen molar-refractivity contribution in [2.75, 3.05) is 11.1 Å². The van der Waals surface area contributed by atoms with Crippen LogP contribution in [0.4, 0.5) is 17.3 Å². The Kier molecular flexibility index (Phi) is 4.28. The average Bonchev–Trinajstić information content (AvgIpc) is 3.24. The van der Waals surface area contributed by atoms with E-state index in [1.165, 1.54) is 17.3 Å². The predicted octanol–water partition coefficient (Wildman–Crippen LogP) is 3.41. The lowest BCUT2D eigenvalue weighted by molar-refractivity contribution is 0.112. The third-order valence-corrected chi connectivity index (χ3v) is 5.43. The van der Waals surface area contributed by atoms with Crippen LogP contribution in [0.15, 0.2) is 59.7 Å². The Hall–Kier alpha value is -4.00. The maximum absolute atomic E-state index is 12.7. The highest BCUT2D eigenvalue weighted by Crippen LogP contribution is 2.26. The highest BCUT2D eigenvalue weighted by molar-refractivity contribution is 5.85. The molecule has 0 aliphatic heterocycles. The smallest absolute Gasteiger partial charge is 0.229 e. The van der Waals surface area contributed by atoms with E-state index < -0.39 is 0 Å². The minimum Gasteiger partial charge on any atom is -0.399 e. The van der Waals surface area contributed by atoms with E-state index in [-0.39, 0.29) is 11.0 Å². The number of carbonyl (C=O) groups excluding carboxylic acids is 1. The van der Waals surface area contributed by atoms with Crippen LogP contribution in [0.2, 0.25) is 0 Å². The van der Waals surface area contributed by atoms with E-state index in [0.717, 1.165) is 30.6 Å². The number of anilines is 3. The molecule has 148 valence electrons. The fraction of sp³-hybridized carbons (Fsp3) is 0.130. The summed E-state index contributed by atoms with van der Waals surface area (Å²) >= 11 is 0. The number of hydrogen-bond acceptors (Lipinski definition) is 6. The van der Waals surface area contributed by atoms with Crippen LogP contribution in [0, 0.1) is 0 Å². The Labute approximate surface area is 172 Å². The summed E-state index contributed by atoms with van der Waals surface area (Å²) < 4.78 is 1.79. The summed E-state index contributed by atoms with van der Waals surface area (Å²) in [6, 6.07) is 13.4. The number of pyridine rings is 1. The molecule has 0 spiro atoms. The molecule has 0 unspecified atom stereocenters. The monoisotopic (exact) mass is 397 g/mol. The zero-order chi connectivity index (χ0) is 20.7. The SMILES string of the molecule is Nc1ccc(Nc2ncc3c(=O)c(C=O)cn(-c4ccc5c(c4)CCC5)c3n2)cc1. The van der Waals surface area contributed by atoms with Gasteiger partial charge in [-0.3, -0.25) is 9.59 Å². The molecule has 0 radical (unpaired) electrons. The van der Waals surface area contributed by atoms with Crippen molar-refractivity contribution in [1.29, 1.82) is 0 Å². The largest absolute Gasteiger partial charge is 0.399 e. The van der Waals surface area contributed by atoms with Gasteiger partial charge in [0.15, 0.2) is 11.9 Å². The van der Waals surface area contributed by atoms with Crippen LogP contribution in [0.25, 0.3) is 16.7 Å². The average molecular weight is 397 g/mol. The lowest BCUT2D eigenvalue weighted by Crippen LogP contribution is -2.16. The lowest BCUT2D eigenvalue weighted by atomic mass is 10.1. The van der Waals surface area contributed by atoms with Gasteiger partial charge in [0.05, 0.1) is 10.9 Å². The van der Waals surface area contributed by atoms with Crippen molar-refractivity contribution in [2.24, 2.45) is 0 Å². The van der Waals surface area contributed by atoms with Gasteiger partial charge in [0, 0.05) is 29.5 Å². The third kappa shape index (κ3) is 3.10. The van der Waals surface area contributed by atoms with Crippen molar-refractivity contribution in [3.05, 3.63) is 81.8 Å². The number of benzene rings is 2. The third-order valence-electron chi connectivity index (χ3n) is 5.43. The van der Waals surface area contributed by atoms with Gasteiger partial charge in [-0.2, -0.15) is 4.98 Å². The maximum atomic E-state index is 12.7. The lowest BCUT2D eigenvalue weighted by Gasteiger charge is -2.14. The molecule has 3 N–H and O–H groups in total. The fourth-order valence-corrected chi connectivity index (χ4v) is 3.88. The Balaban J connectivity index is 1.67. The van der Waals surface area contributed by atoms with Gasteiger partial charge in [0.25, 0.3) is 0 Å². The van der Waals surface area contributed by atoms with Crippen molar-refractivity contribution in [2.45, 2.75) is 19.3 Å². The number of fused-ring (bicyclic) bond motifs is 2. The van der Waals surface area contributed by atoms with Crippen molar-refractivity contribution < 1.29 is 4.79 Å². The number of nitrogen functional groups attached to an aromatic ring is 1. The first-order valence-electron chi connectivity index (χ1n) is 9.75. The standard InChI is InChI=1S/C23H19N5O2/c24-17-5-7-18(8-6-17)26-23-25-11-20-21(30)16(13-29)12-28(22(20)27-23)19-9-4-14-2-1-3-15(14)10-19/h4-13H,1-3,24H2,(H,25,26,27). The first-order chi connectivity index (χ1) is 14.6. The first kappa shape index (κ1) is 18.1. The van der Waals surface area contributed by atoms with Crippen LogP contribution in [0.1, 0.15) is 27.9 Å². The zero-order valence-corrected chi connectivity index (χ0v) is 16.1. The molecule has 0 amide bonds. The molecule has 5 rings (SSSR count). The first-order valence-corrected chi connectivity index (χ1v) is 9.75. The number of carbonyl (C=O) groups is 1. The molecule has 0 bridgehead atoms. The zero-order valence-electron chi connectivity index (χ0n) is 16.1. The second-order valence-corrected chi connectivity index (χ2v) is 7.39. The summed E-state index contributed by atoms with van der Waals surface area (Å²) in [5.74, 6) is 0.348. The van der Waals surface area contributed by atoms with Gasteiger partial charge in [-0.15, -0.1) is 0 Å². The van der Waals surface area contributed by atoms with Crippen molar-refractivity contribution in [3.8, 4) is 5.69 Å². The number of nitrogens with one attached hydrogen (secondary N) is 1. The molecule has 2 aromatic heterocycles. The number of rotatable bonds is 4. The van der Waals surface area contributed by atoms with Crippen LogP contribution in [-0.2, 0) is 12.8 Å². The van der Waals surface area contributed by atoms with E-state index in [4.69, 9.17) is 5.73 Å². The van der Waals surface area contributed by atoms with Crippen LogP contribution in [0.5, 0.6) is 0 Å². The van der Waals surface area contributed by atoms with Crippen molar-refractivity contribution in [3.63, 3.8) is 0 Å². The number of aromatic nitrogens is 3. The maximum Gasteiger partial charge on any atom is 0.229 e. The fourth-order valence-electron chi connectivity index (χ4n) is 3.88. The van der Waals surface area contributed by atoms with Crippen molar-refractivity contribution in [1.82, 2.24) is 14.5 Å². The van der Waals surface area contributed by atoms with E-state index in [1.54, 1.807) is 22.9 Å². The van der Waals surface area contributed by atoms with Gasteiger partial charge >= 0.3 is 0 Å². The van der Waals surface area contributed by atoms with Gasteiger partial charge < -0.3 is 15.6 Å². The molecule has 1 aliphatic rings. The molecule has 7 heteroatoms. The quantitative estimate of drug-likeness (QED) is 0.404. The summed E-state index contributed by atoms with van der Waals surface area (Å²) in [5.41, 5.74) is 10.8. The van der Waals surface area contributed by atoms with Crippen molar-refractivity contribution >= 4 is 34.6 Å². The molecule has 4 aromatic rings. The number of aldehydes is 1. The van der Waals surface area contributed by atoms with Crippen LogP contribution < -0.4 is 16.5 Å². The Morgan fingerprint density at radius 1 is 1.07 bits per heavy atom. The highest BCUT2D eigenvalue weighted by Gasteiger charge is 2.16. The molecule has 2 aromatic carbocycles. The highest BCUT2D eigenvalue weighted by atomic mass is 16.1.